The number of halogens is 2. The molecule has 0 atom stereocenters. The van der Waals surface area contributed by atoms with Crippen LogP contribution >= 0.6 is 23.2 Å². The second kappa shape index (κ2) is 7.28. The summed E-state index contributed by atoms with van der Waals surface area (Å²) in [7, 11) is 1.64. The second-order valence-corrected chi connectivity index (χ2v) is 4.78. The first kappa shape index (κ1) is 14.8. The highest BCUT2D eigenvalue weighted by Gasteiger charge is 2.04. The lowest BCUT2D eigenvalue weighted by Gasteiger charge is -2.09. The van der Waals surface area contributed by atoms with Crippen LogP contribution in [0.2, 0.25) is 10.0 Å². The molecule has 1 aromatic heterocycles. The zero-order valence-electron chi connectivity index (χ0n) is 10.9. The third kappa shape index (κ3) is 4.23. The van der Waals surface area contributed by atoms with Crippen LogP contribution in [0.3, 0.4) is 0 Å². The summed E-state index contributed by atoms with van der Waals surface area (Å²) >= 11 is 12.0. The summed E-state index contributed by atoms with van der Waals surface area (Å²) in [5.74, 6) is 1.17. The van der Waals surface area contributed by atoms with Crippen molar-refractivity contribution in [3.63, 3.8) is 0 Å². The Hall–Kier alpha value is -1.56. The van der Waals surface area contributed by atoms with Crippen molar-refractivity contribution in [2.24, 2.45) is 0 Å². The van der Waals surface area contributed by atoms with Gasteiger partial charge in [0.05, 0.1) is 17.3 Å². The highest BCUT2D eigenvalue weighted by molar-refractivity contribution is 6.36. The van der Waals surface area contributed by atoms with Gasteiger partial charge in [-0.2, -0.15) is 4.98 Å². The molecular formula is C13H14Cl2N4O. The first-order chi connectivity index (χ1) is 9.69. The van der Waals surface area contributed by atoms with E-state index in [1.165, 1.54) is 0 Å². The minimum Gasteiger partial charge on any atom is -0.383 e. The first-order valence-electron chi connectivity index (χ1n) is 5.97. The standard InChI is InChI=1S/C13H14Cl2N4O/c1-20-7-6-17-13-16-5-4-12(19-13)18-11-3-2-9(14)8-10(11)15/h2-5,8H,6-7H2,1H3,(H2,16,17,18,19). The summed E-state index contributed by atoms with van der Waals surface area (Å²) in [5, 5.41) is 7.29. The maximum atomic E-state index is 6.10. The number of hydrogen-bond acceptors (Lipinski definition) is 5. The molecule has 0 amide bonds. The molecule has 1 heterocycles. The van der Waals surface area contributed by atoms with Crippen LogP contribution in [0.5, 0.6) is 0 Å². The fourth-order valence-corrected chi connectivity index (χ4v) is 1.96. The van der Waals surface area contributed by atoms with Crippen LogP contribution < -0.4 is 10.6 Å². The largest absolute Gasteiger partial charge is 0.383 e. The molecule has 2 rings (SSSR count). The highest BCUT2D eigenvalue weighted by Crippen LogP contribution is 2.27. The van der Waals surface area contributed by atoms with Crippen LogP contribution in [0.15, 0.2) is 30.5 Å². The van der Waals surface area contributed by atoms with E-state index in [0.717, 1.165) is 5.69 Å². The third-order valence-electron chi connectivity index (χ3n) is 2.44. The zero-order valence-corrected chi connectivity index (χ0v) is 12.4. The number of ether oxygens (including phenoxy) is 1. The third-order valence-corrected chi connectivity index (χ3v) is 2.99. The summed E-state index contributed by atoms with van der Waals surface area (Å²) in [6, 6.07) is 6.98. The number of rotatable bonds is 6. The Kier molecular flexibility index (Phi) is 5.40. The normalized spacial score (nSPS) is 10.3. The average Bonchev–Trinajstić information content (AvgIpc) is 2.43. The van der Waals surface area contributed by atoms with Gasteiger partial charge in [-0.25, -0.2) is 4.98 Å². The number of nitrogens with zero attached hydrogens (tertiary/aromatic N) is 2. The summed E-state index contributed by atoms with van der Waals surface area (Å²) in [6.07, 6.45) is 1.66. The van der Waals surface area contributed by atoms with Crippen molar-refractivity contribution in [2.75, 3.05) is 30.9 Å². The molecule has 0 aliphatic heterocycles. The molecule has 0 spiro atoms. The molecule has 0 saturated heterocycles. The predicted octanol–water partition coefficient (Wildman–Crippen LogP) is 3.59. The topological polar surface area (TPSA) is 59.1 Å². The average molecular weight is 313 g/mol. The number of hydrogen-bond donors (Lipinski definition) is 2. The van der Waals surface area contributed by atoms with E-state index in [2.05, 4.69) is 20.6 Å². The molecule has 0 fully saturated rings. The lowest BCUT2D eigenvalue weighted by atomic mass is 10.3. The molecule has 1 aromatic carbocycles. The van der Waals surface area contributed by atoms with E-state index in [1.54, 1.807) is 37.6 Å². The summed E-state index contributed by atoms with van der Waals surface area (Å²) in [5.41, 5.74) is 0.734. The molecule has 0 unspecified atom stereocenters. The summed E-state index contributed by atoms with van der Waals surface area (Å²) < 4.78 is 4.95. The molecule has 0 radical (unpaired) electrons. The van der Waals surface area contributed by atoms with Crippen molar-refractivity contribution in [3.05, 3.63) is 40.5 Å². The minimum absolute atomic E-state index is 0.525. The Balaban J connectivity index is 2.07. The molecule has 106 valence electrons. The van der Waals surface area contributed by atoms with Gasteiger partial charge in [0.2, 0.25) is 5.95 Å². The van der Waals surface area contributed by atoms with Gasteiger partial charge in [-0.15, -0.1) is 0 Å². The second-order valence-electron chi connectivity index (χ2n) is 3.93. The molecule has 0 aliphatic rings. The number of benzene rings is 1. The molecule has 20 heavy (non-hydrogen) atoms. The van der Waals surface area contributed by atoms with Gasteiger partial charge in [0.15, 0.2) is 0 Å². The lowest BCUT2D eigenvalue weighted by molar-refractivity contribution is 0.210. The quantitative estimate of drug-likeness (QED) is 0.798. The molecule has 0 bridgehead atoms. The van der Waals surface area contributed by atoms with Crippen molar-refractivity contribution in [3.8, 4) is 0 Å². The highest BCUT2D eigenvalue weighted by atomic mass is 35.5. The fraction of sp³-hybridized carbons (Fsp3) is 0.231. The molecule has 2 N–H and O–H groups in total. The zero-order chi connectivity index (χ0) is 14.4. The Morgan fingerprint density at radius 3 is 2.85 bits per heavy atom. The van der Waals surface area contributed by atoms with E-state index in [4.69, 9.17) is 27.9 Å². The Bertz CT molecular complexity index is 580. The van der Waals surface area contributed by atoms with Crippen LogP contribution in [-0.2, 0) is 4.74 Å². The fourth-order valence-electron chi connectivity index (χ4n) is 1.51. The van der Waals surface area contributed by atoms with Gasteiger partial charge in [0.1, 0.15) is 5.82 Å². The van der Waals surface area contributed by atoms with Crippen molar-refractivity contribution in [2.45, 2.75) is 0 Å². The smallest absolute Gasteiger partial charge is 0.224 e. The van der Waals surface area contributed by atoms with Crippen LogP contribution in [0, 0.1) is 0 Å². The monoisotopic (exact) mass is 312 g/mol. The van der Waals surface area contributed by atoms with E-state index < -0.39 is 0 Å². The van der Waals surface area contributed by atoms with Gasteiger partial charge in [-0.3, -0.25) is 0 Å². The maximum absolute atomic E-state index is 6.10. The number of methoxy groups -OCH3 is 1. The van der Waals surface area contributed by atoms with Crippen molar-refractivity contribution < 1.29 is 4.74 Å². The van der Waals surface area contributed by atoms with Crippen molar-refractivity contribution in [1.82, 2.24) is 9.97 Å². The van der Waals surface area contributed by atoms with Gasteiger partial charge in [0.25, 0.3) is 0 Å². The van der Waals surface area contributed by atoms with Crippen molar-refractivity contribution in [1.29, 1.82) is 0 Å². The summed E-state index contributed by atoms with van der Waals surface area (Å²) in [6.45, 7) is 1.23. The molecule has 0 saturated carbocycles. The van der Waals surface area contributed by atoms with Gasteiger partial charge in [0, 0.05) is 24.9 Å². The van der Waals surface area contributed by atoms with Gasteiger partial charge in [-0.1, -0.05) is 23.2 Å². The Morgan fingerprint density at radius 1 is 1.25 bits per heavy atom. The number of aromatic nitrogens is 2. The lowest BCUT2D eigenvalue weighted by Crippen LogP contribution is -2.10. The first-order valence-corrected chi connectivity index (χ1v) is 6.72. The van der Waals surface area contributed by atoms with E-state index in [-0.39, 0.29) is 0 Å². The van der Waals surface area contributed by atoms with Gasteiger partial charge < -0.3 is 15.4 Å². The SMILES string of the molecule is COCCNc1nccc(Nc2ccc(Cl)cc2Cl)n1. The van der Waals surface area contributed by atoms with Crippen LogP contribution in [0.1, 0.15) is 0 Å². The molecule has 2 aromatic rings. The molecule has 7 heteroatoms. The maximum Gasteiger partial charge on any atom is 0.224 e. The number of anilines is 3. The van der Waals surface area contributed by atoms with Crippen LogP contribution in [0.4, 0.5) is 17.5 Å². The molecular weight excluding hydrogens is 299 g/mol. The summed E-state index contributed by atoms with van der Waals surface area (Å²) in [4.78, 5) is 8.44. The van der Waals surface area contributed by atoms with Gasteiger partial charge in [-0.05, 0) is 24.3 Å². The molecule has 0 aliphatic carbocycles. The predicted molar refractivity (Wildman–Crippen MR) is 82.1 cm³/mol. The Labute approximate surface area is 127 Å². The Morgan fingerprint density at radius 2 is 2.10 bits per heavy atom. The minimum atomic E-state index is 0.525. The van der Waals surface area contributed by atoms with Gasteiger partial charge >= 0.3 is 0 Å². The molecule has 5 nitrogen and oxygen atoms in total. The van der Waals surface area contributed by atoms with Crippen molar-refractivity contribution >= 4 is 40.7 Å². The van der Waals surface area contributed by atoms with E-state index in [1.807, 2.05) is 0 Å². The van der Waals surface area contributed by atoms with Crippen LogP contribution in [0.25, 0.3) is 0 Å². The van der Waals surface area contributed by atoms with E-state index in [0.29, 0.717) is 35.0 Å². The number of nitrogens with one attached hydrogen (secondary N) is 2. The van der Waals surface area contributed by atoms with E-state index in [9.17, 15) is 0 Å². The van der Waals surface area contributed by atoms with Crippen LogP contribution in [-0.4, -0.2) is 30.2 Å². The van der Waals surface area contributed by atoms with E-state index >= 15 is 0 Å².